The Morgan fingerprint density at radius 3 is 2.37 bits per heavy atom. The lowest BCUT2D eigenvalue weighted by molar-refractivity contribution is -0.138. The molecule has 5 nitrogen and oxygen atoms in total. The van der Waals surface area contributed by atoms with Crippen molar-refractivity contribution in [3.63, 3.8) is 0 Å². The van der Waals surface area contributed by atoms with Crippen molar-refractivity contribution in [2.45, 2.75) is 51.4 Å². The molecule has 0 spiro atoms. The van der Waals surface area contributed by atoms with E-state index in [1.54, 1.807) is 4.90 Å². The topological polar surface area (TPSA) is 63.7 Å². The normalized spacial score (nSPS) is 21.6. The Hall–Kier alpha value is -0.620. The molecule has 0 unspecified atom stereocenters. The first-order chi connectivity index (χ1) is 8.78. The van der Waals surface area contributed by atoms with Crippen LogP contribution in [0.3, 0.4) is 0 Å². The Bertz CT molecular complexity index is 412. The Morgan fingerprint density at radius 2 is 1.89 bits per heavy atom. The number of nitrogens with zero attached hydrogens (tertiary/aromatic N) is 1. The predicted molar refractivity (Wildman–Crippen MR) is 74.8 cm³/mol. The summed E-state index contributed by atoms with van der Waals surface area (Å²) in [6.07, 6.45) is 1.08. The first-order valence-corrected chi connectivity index (χ1v) is 8.55. The van der Waals surface area contributed by atoms with Crippen molar-refractivity contribution in [3.05, 3.63) is 0 Å². The van der Waals surface area contributed by atoms with Crippen LogP contribution in [0.4, 0.5) is 0 Å². The number of sulfone groups is 1. The summed E-state index contributed by atoms with van der Waals surface area (Å²) < 4.78 is 29.0. The summed E-state index contributed by atoms with van der Waals surface area (Å²) in [5.41, 5.74) is 0. The molecule has 1 amide bonds. The third-order valence-electron chi connectivity index (χ3n) is 3.95. The zero-order valence-electron chi connectivity index (χ0n) is 12.3. The van der Waals surface area contributed by atoms with Gasteiger partial charge in [0.25, 0.3) is 0 Å². The van der Waals surface area contributed by atoms with Crippen LogP contribution in [0.2, 0.25) is 0 Å². The fourth-order valence-electron chi connectivity index (χ4n) is 2.43. The van der Waals surface area contributed by atoms with Crippen LogP contribution in [-0.4, -0.2) is 55.5 Å². The van der Waals surface area contributed by atoms with Gasteiger partial charge in [0.2, 0.25) is 5.91 Å². The summed E-state index contributed by atoms with van der Waals surface area (Å²) >= 11 is 0. The lowest BCUT2D eigenvalue weighted by atomic mass is 10.0. The van der Waals surface area contributed by atoms with Crippen molar-refractivity contribution in [1.82, 2.24) is 4.90 Å². The Labute approximate surface area is 116 Å². The van der Waals surface area contributed by atoms with Crippen LogP contribution >= 0.6 is 0 Å². The molecule has 0 aliphatic carbocycles. The van der Waals surface area contributed by atoms with Crippen LogP contribution < -0.4 is 0 Å². The van der Waals surface area contributed by atoms with Gasteiger partial charge in [-0.2, -0.15) is 0 Å². The second-order valence-corrected chi connectivity index (χ2v) is 7.89. The summed E-state index contributed by atoms with van der Waals surface area (Å²) in [5, 5.41) is 0. The fourth-order valence-corrected chi connectivity index (χ4v) is 4.55. The largest absolute Gasteiger partial charge is 0.369 e. The molecule has 1 rings (SSSR count). The predicted octanol–water partition coefficient (Wildman–Crippen LogP) is 1.23. The molecule has 19 heavy (non-hydrogen) atoms. The second kappa shape index (κ2) is 6.22. The summed E-state index contributed by atoms with van der Waals surface area (Å²) in [6, 6.07) is 0. The van der Waals surface area contributed by atoms with Crippen LogP contribution in [0.25, 0.3) is 0 Å². The number of ether oxygens (including phenoxy) is 1. The van der Waals surface area contributed by atoms with Crippen LogP contribution in [-0.2, 0) is 19.4 Å². The van der Waals surface area contributed by atoms with E-state index in [2.05, 4.69) is 0 Å². The van der Waals surface area contributed by atoms with Crippen LogP contribution in [0.15, 0.2) is 0 Å². The van der Waals surface area contributed by atoms with Gasteiger partial charge in [0, 0.05) is 13.1 Å². The van der Waals surface area contributed by atoms with E-state index < -0.39 is 14.6 Å². The molecule has 1 heterocycles. The van der Waals surface area contributed by atoms with Crippen molar-refractivity contribution in [2.24, 2.45) is 0 Å². The molecule has 112 valence electrons. The zero-order chi connectivity index (χ0) is 14.7. The minimum Gasteiger partial charge on any atom is -0.369 e. The van der Waals surface area contributed by atoms with Gasteiger partial charge in [-0.3, -0.25) is 4.79 Å². The number of rotatable bonds is 5. The second-order valence-electron chi connectivity index (χ2n) is 5.38. The molecule has 1 fully saturated rings. The Balaban J connectivity index is 2.79. The molecule has 1 aliphatic heterocycles. The molecule has 0 radical (unpaired) electrons. The van der Waals surface area contributed by atoms with Crippen LogP contribution in [0.1, 0.15) is 40.5 Å². The maximum atomic E-state index is 12.2. The molecule has 0 aromatic heterocycles. The van der Waals surface area contributed by atoms with E-state index in [1.165, 1.54) is 0 Å². The number of amides is 1. The van der Waals surface area contributed by atoms with E-state index in [-0.39, 0.29) is 30.9 Å². The first kappa shape index (κ1) is 16.4. The number of hydrogen-bond acceptors (Lipinski definition) is 4. The maximum absolute atomic E-state index is 12.2. The van der Waals surface area contributed by atoms with E-state index >= 15 is 0 Å². The standard InChI is InChI=1S/C13H25NO4S/c1-5-13(6-2)10-14(7-8-19(13,16)17)12(15)9-18-11(3)4/h11H,5-10H2,1-4H3. The van der Waals surface area contributed by atoms with Gasteiger partial charge in [0.15, 0.2) is 9.84 Å². The highest BCUT2D eigenvalue weighted by Gasteiger charge is 2.46. The van der Waals surface area contributed by atoms with Gasteiger partial charge in [0.1, 0.15) is 6.61 Å². The summed E-state index contributed by atoms with van der Waals surface area (Å²) in [4.78, 5) is 13.7. The van der Waals surface area contributed by atoms with Crippen molar-refractivity contribution < 1.29 is 17.9 Å². The zero-order valence-corrected chi connectivity index (χ0v) is 13.1. The molecule has 0 aromatic rings. The maximum Gasteiger partial charge on any atom is 0.248 e. The van der Waals surface area contributed by atoms with E-state index in [0.29, 0.717) is 19.4 Å². The van der Waals surface area contributed by atoms with Gasteiger partial charge in [0.05, 0.1) is 16.6 Å². The van der Waals surface area contributed by atoms with Crippen LogP contribution in [0.5, 0.6) is 0 Å². The van der Waals surface area contributed by atoms with Gasteiger partial charge in [-0.25, -0.2) is 8.42 Å². The third-order valence-corrected chi connectivity index (χ3v) is 6.70. The van der Waals surface area contributed by atoms with Crippen LogP contribution in [0, 0.1) is 0 Å². The Morgan fingerprint density at radius 1 is 1.32 bits per heavy atom. The molecular weight excluding hydrogens is 266 g/mol. The van der Waals surface area contributed by atoms with Crippen molar-refractivity contribution in [2.75, 3.05) is 25.4 Å². The van der Waals surface area contributed by atoms with E-state index in [1.807, 2.05) is 27.7 Å². The lowest BCUT2D eigenvalue weighted by Crippen LogP contribution is -2.57. The Kier molecular flexibility index (Phi) is 5.38. The van der Waals surface area contributed by atoms with Gasteiger partial charge in [-0.15, -0.1) is 0 Å². The molecule has 0 saturated carbocycles. The average Bonchev–Trinajstić information content (AvgIpc) is 2.36. The van der Waals surface area contributed by atoms with E-state index in [4.69, 9.17) is 4.74 Å². The first-order valence-electron chi connectivity index (χ1n) is 6.89. The van der Waals surface area contributed by atoms with Crippen molar-refractivity contribution in [3.8, 4) is 0 Å². The quantitative estimate of drug-likeness (QED) is 0.764. The third kappa shape index (κ3) is 3.48. The van der Waals surface area contributed by atoms with Crippen molar-refractivity contribution >= 4 is 15.7 Å². The smallest absolute Gasteiger partial charge is 0.248 e. The minimum absolute atomic E-state index is 0.000388. The fraction of sp³-hybridized carbons (Fsp3) is 0.923. The number of carbonyl (C=O) groups is 1. The van der Waals surface area contributed by atoms with Gasteiger partial charge < -0.3 is 9.64 Å². The van der Waals surface area contributed by atoms with Crippen molar-refractivity contribution in [1.29, 1.82) is 0 Å². The van der Waals surface area contributed by atoms with Gasteiger partial charge in [-0.05, 0) is 26.7 Å². The summed E-state index contributed by atoms with van der Waals surface area (Å²) in [5.74, 6) is -0.0582. The minimum atomic E-state index is -3.12. The highest BCUT2D eigenvalue weighted by Crippen LogP contribution is 2.31. The molecule has 1 aliphatic rings. The molecule has 0 bridgehead atoms. The summed E-state index contributed by atoms with van der Waals surface area (Å²) in [6.45, 7) is 8.10. The van der Waals surface area contributed by atoms with Gasteiger partial charge >= 0.3 is 0 Å². The molecule has 6 heteroatoms. The SMILES string of the molecule is CCC1(CC)CN(C(=O)COC(C)C)CCS1(=O)=O. The molecular formula is C13H25NO4S. The average molecular weight is 291 g/mol. The highest BCUT2D eigenvalue weighted by atomic mass is 32.2. The highest BCUT2D eigenvalue weighted by molar-refractivity contribution is 7.92. The van der Waals surface area contributed by atoms with Gasteiger partial charge in [-0.1, -0.05) is 13.8 Å². The summed E-state index contributed by atoms with van der Waals surface area (Å²) in [7, 11) is -3.12. The molecule has 1 saturated heterocycles. The lowest BCUT2D eigenvalue weighted by Gasteiger charge is -2.41. The molecule has 0 N–H and O–H groups in total. The number of hydrogen-bond donors (Lipinski definition) is 0. The van der Waals surface area contributed by atoms with E-state index in [9.17, 15) is 13.2 Å². The monoisotopic (exact) mass is 291 g/mol. The number of carbonyl (C=O) groups excluding carboxylic acids is 1. The molecule has 0 atom stereocenters. The van der Waals surface area contributed by atoms with E-state index in [0.717, 1.165) is 0 Å². The molecule has 0 aromatic carbocycles.